The number of nitrogens with one attached hydrogen (secondary N) is 2. The number of nitrogens with zero attached hydrogens (tertiary/aromatic N) is 1. The lowest BCUT2D eigenvalue weighted by Crippen LogP contribution is -2.39. The molecule has 0 spiro atoms. The lowest BCUT2D eigenvalue weighted by Gasteiger charge is -2.24. The van der Waals surface area contributed by atoms with Crippen LogP contribution in [0.25, 0.3) is 0 Å². The fourth-order valence-corrected chi connectivity index (χ4v) is 3.46. The average molecular weight is 380 g/mol. The van der Waals surface area contributed by atoms with Crippen LogP contribution >= 0.6 is 11.9 Å². The Labute approximate surface area is 160 Å². The molecule has 0 amide bonds. The first-order valence-corrected chi connectivity index (χ1v) is 9.78. The SMILES string of the molecule is CCOC(=O)C(C)(C)Oc1ccc2c(c1)CCN(CC(=N)SNC)CC2. The summed E-state index contributed by atoms with van der Waals surface area (Å²) in [4.78, 5) is 14.3. The molecule has 2 N–H and O–H groups in total. The van der Waals surface area contributed by atoms with Crippen LogP contribution < -0.4 is 9.46 Å². The van der Waals surface area contributed by atoms with Gasteiger partial charge in [0, 0.05) is 19.6 Å². The second-order valence-corrected chi connectivity index (χ2v) is 7.87. The van der Waals surface area contributed by atoms with Gasteiger partial charge in [0.25, 0.3) is 0 Å². The van der Waals surface area contributed by atoms with E-state index in [0.29, 0.717) is 23.9 Å². The minimum Gasteiger partial charge on any atom is -0.476 e. The van der Waals surface area contributed by atoms with Crippen molar-refractivity contribution in [1.82, 2.24) is 9.62 Å². The Balaban J connectivity index is 2.03. The molecular weight excluding hydrogens is 350 g/mol. The molecule has 0 bridgehead atoms. The monoisotopic (exact) mass is 379 g/mol. The topological polar surface area (TPSA) is 74.7 Å². The van der Waals surface area contributed by atoms with Gasteiger partial charge in [-0.15, -0.1) is 0 Å². The molecule has 0 fully saturated rings. The number of rotatable bonds is 7. The third-order valence-corrected chi connectivity index (χ3v) is 4.88. The van der Waals surface area contributed by atoms with Gasteiger partial charge in [-0.1, -0.05) is 6.07 Å². The molecule has 0 atom stereocenters. The molecule has 1 aromatic carbocycles. The van der Waals surface area contributed by atoms with Gasteiger partial charge in [0.15, 0.2) is 5.60 Å². The minimum atomic E-state index is -1.01. The number of hydrogen-bond acceptors (Lipinski definition) is 7. The summed E-state index contributed by atoms with van der Waals surface area (Å²) >= 11 is 1.36. The molecule has 1 aromatic rings. The summed E-state index contributed by atoms with van der Waals surface area (Å²) in [6.45, 7) is 8.09. The van der Waals surface area contributed by atoms with Crippen LogP contribution in [0.5, 0.6) is 5.75 Å². The molecular formula is C19H29N3O3S. The maximum Gasteiger partial charge on any atom is 0.349 e. The van der Waals surface area contributed by atoms with Gasteiger partial charge in [-0.25, -0.2) is 4.79 Å². The molecule has 0 unspecified atom stereocenters. The molecule has 0 aromatic heterocycles. The highest BCUT2D eigenvalue weighted by molar-refractivity contribution is 8.12. The van der Waals surface area contributed by atoms with E-state index in [-0.39, 0.29) is 5.97 Å². The molecule has 0 radical (unpaired) electrons. The van der Waals surface area contributed by atoms with E-state index in [9.17, 15) is 4.79 Å². The normalized spacial score (nSPS) is 15.1. The van der Waals surface area contributed by atoms with Gasteiger partial charge in [0.2, 0.25) is 0 Å². The number of hydrogen-bond donors (Lipinski definition) is 2. The molecule has 144 valence electrons. The van der Waals surface area contributed by atoms with Crippen molar-refractivity contribution < 1.29 is 14.3 Å². The van der Waals surface area contributed by atoms with Gasteiger partial charge in [-0.2, -0.15) is 0 Å². The zero-order valence-corrected chi connectivity index (χ0v) is 16.9. The third-order valence-electron chi connectivity index (χ3n) is 4.30. The Hall–Kier alpha value is -1.57. The van der Waals surface area contributed by atoms with E-state index in [1.54, 1.807) is 20.8 Å². The average Bonchev–Trinajstić information content (AvgIpc) is 2.77. The molecule has 1 heterocycles. The number of carbonyl (C=O) groups is 1. The molecule has 1 aliphatic heterocycles. The minimum absolute atomic E-state index is 0.340. The summed E-state index contributed by atoms with van der Waals surface area (Å²) in [5.41, 5.74) is 1.54. The predicted molar refractivity (Wildman–Crippen MR) is 106 cm³/mol. The third kappa shape index (κ3) is 5.72. The molecule has 6 nitrogen and oxygen atoms in total. The molecule has 0 saturated carbocycles. The first-order chi connectivity index (χ1) is 12.4. The van der Waals surface area contributed by atoms with Gasteiger partial charge in [-0.05, 0) is 75.9 Å². The molecule has 0 aliphatic carbocycles. The lowest BCUT2D eigenvalue weighted by molar-refractivity contribution is -0.158. The van der Waals surface area contributed by atoms with Crippen molar-refractivity contribution in [2.75, 3.05) is 33.3 Å². The van der Waals surface area contributed by atoms with Crippen molar-refractivity contribution in [3.05, 3.63) is 29.3 Å². The molecule has 0 saturated heterocycles. The van der Waals surface area contributed by atoms with Gasteiger partial charge in [-0.3, -0.25) is 15.0 Å². The van der Waals surface area contributed by atoms with E-state index in [4.69, 9.17) is 14.9 Å². The smallest absolute Gasteiger partial charge is 0.349 e. The first-order valence-electron chi connectivity index (χ1n) is 8.97. The van der Waals surface area contributed by atoms with Crippen molar-refractivity contribution in [1.29, 1.82) is 5.41 Å². The van der Waals surface area contributed by atoms with Gasteiger partial charge < -0.3 is 9.47 Å². The van der Waals surface area contributed by atoms with Crippen LogP contribution in [0.15, 0.2) is 18.2 Å². The highest BCUT2D eigenvalue weighted by atomic mass is 32.2. The number of ether oxygens (including phenoxy) is 2. The second-order valence-electron chi connectivity index (χ2n) is 6.77. The first kappa shape index (κ1) is 20.7. The lowest BCUT2D eigenvalue weighted by atomic mass is 10.0. The number of esters is 1. The van der Waals surface area contributed by atoms with E-state index in [0.717, 1.165) is 25.9 Å². The van der Waals surface area contributed by atoms with Gasteiger partial charge in [0.1, 0.15) is 5.75 Å². The van der Waals surface area contributed by atoms with Gasteiger partial charge in [0.05, 0.1) is 11.7 Å². The van der Waals surface area contributed by atoms with Crippen LogP contribution in [0.1, 0.15) is 31.9 Å². The van der Waals surface area contributed by atoms with Crippen molar-refractivity contribution >= 4 is 23.0 Å². The van der Waals surface area contributed by atoms with Crippen molar-refractivity contribution in [3.8, 4) is 5.75 Å². The van der Waals surface area contributed by atoms with Crippen molar-refractivity contribution in [3.63, 3.8) is 0 Å². The fourth-order valence-electron chi connectivity index (χ4n) is 2.97. The predicted octanol–water partition coefficient (Wildman–Crippen LogP) is 2.65. The summed E-state index contributed by atoms with van der Waals surface area (Å²) < 4.78 is 13.9. The van der Waals surface area contributed by atoms with Crippen molar-refractivity contribution in [2.24, 2.45) is 0 Å². The maximum absolute atomic E-state index is 12.0. The van der Waals surface area contributed by atoms with E-state index in [1.165, 1.54) is 23.1 Å². The summed E-state index contributed by atoms with van der Waals surface area (Å²) in [6.07, 6.45) is 1.86. The van der Waals surface area contributed by atoms with E-state index in [2.05, 4.69) is 15.7 Å². The zero-order valence-electron chi connectivity index (χ0n) is 16.1. The summed E-state index contributed by atoms with van der Waals surface area (Å²) in [7, 11) is 1.83. The number of benzene rings is 1. The van der Waals surface area contributed by atoms with E-state index in [1.807, 2.05) is 19.2 Å². The highest BCUT2D eigenvalue weighted by Crippen LogP contribution is 2.25. The standard InChI is InChI=1S/C19H29N3O3S/c1-5-24-18(23)19(2,3)25-16-7-6-14-8-10-22(11-9-15(14)12-16)13-17(20)26-21-4/h6-7,12,20-21H,5,8-11,13H2,1-4H3. The Morgan fingerprint density at radius 2 is 2.00 bits per heavy atom. The van der Waals surface area contributed by atoms with Crippen LogP contribution in [0, 0.1) is 5.41 Å². The van der Waals surface area contributed by atoms with E-state index < -0.39 is 5.60 Å². The maximum atomic E-state index is 12.0. The second kappa shape index (κ2) is 9.39. The van der Waals surface area contributed by atoms with Crippen LogP contribution in [-0.4, -0.2) is 54.8 Å². The van der Waals surface area contributed by atoms with E-state index >= 15 is 0 Å². The number of fused-ring (bicyclic) bond motifs is 1. The fraction of sp³-hybridized carbons (Fsp3) is 0.579. The molecule has 2 rings (SSSR count). The van der Waals surface area contributed by atoms with Crippen LogP contribution in [0.4, 0.5) is 0 Å². The van der Waals surface area contributed by atoms with Crippen molar-refractivity contribution in [2.45, 2.75) is 39.2 Å². The zero-order chi connectivity index (χ0) is 19.2. The Morgan fingerprint density at radius 3 is 2.65 bits per heavy atom. The summed E-state index contributed by atoms with van der Waals surface area (Å²) in [5, 5.41) is 8.58. The van der Waals surface area contributed by atoms with Crippen LogP contribution in [0.2, 0.25) is 0 Å². The quantitative estimate of drug-likeness (QED) is 0.328. The largest absolute Gasteiger partial charge is 0.476 e. The molecule has 26 heavy (non-hydrogen) atoms. The van der Waals surface area contributed by atoms with Crippen LogP contribution in [0.3, 0.4) is 0 Å². The summed E-state index contributed by atoms with van der Waals surface area (Å²) in [5.74, 6) is 0.329. The Kier molecular flexibility index (Phi) is 7.49. The highest BCUT2D eigenvalue weighted by Gasteiger charge is 2.31. The summed E-state index contributed by atoms with van der Waals surface area (Å²) in [6, 6.07) is 6.05. The molecule has 7 heteroatoms. The van der Waals surface area contributed by atoms with Gasteiger partial charge >= 0.3 is 5.97 Å². The Bertz CT molecular complexity index is 649. The van der Waals surface area contributed by atoms with Crippen LogP contribution in [-0.2, 0) is 22.4 Å². The Morgan fingerprint density at radius 1 is 1.31 bits per heavy atom. The molecule has 1 aliphatic rings. The number of carbonyl (C=O) groups excluding carboxylic acids is 1.